The number of nitrogens with zero attached hydrogens (tertiary/aromatic N) is 12. The molecule has 0 radical (unpaired) electrons. The van der Waals surface area contributed by atoms with E-state index in [4.69, 9.17) is 65.7 Å². The van der Waals surface area contributed by atoms with Crippen LogP contribution in [0.2, 0.25) is 0 Å². The topological polar surface area (TPSA) is 549 Å². The largest absolute Gasteiger partial charge is 0.488 e. The summed E-state index contributed by atoms with van der Waals surface area (Å²) in [6.07, 6.45) is 3.99. The van der Waals surface area contributed by atoms with Crippen molar-refractivity contribution in [3.8, 4) is 0 Å². The van der Waals surface area contributed by atoms with Gasteiger partial charge in [0.2, 0.25) is 0 Å². The maximum Gasteiger partial charge on any atom is 0.488 e. The number of nitrogens with two attached hydrogens (primary N) is 3. The van der Waals surface area contributed by atoms with Crippen molar-refractivity contribution >= 4 is 97.2 Å². The lowest BCUT2D eigenvalue weighted by Crippen LogP contribution is -2.17. The lowest BCUT2D eigenvalue weighted by molar-refractivity contribution is 0.0757. The van der Waals surface area contributed by atoms with Gasteiger partial charge < -0.3 is 89.2 Å². The molecule has 0 fully saturated rings. The average molecular weight is 1100 g/mol. The van der Waals surface area contributed by atoms with E-state index in [1.165, 1.54) is 49.5 Å². The highest BCUT2D eigenvalue weighted by Gasteiger charge is 2.40. The van der Waals surface area contributed by atoms with Crippen LogP contribution in [0.25, 0.3) is 33.5 Å². The molecular weight excluding hydrogens is 1060 g/mol. The number of hydrogen-bond donors (Lipinski definition) is 12. The predicted molar refractivity (Wildman–Crippen MR) is 234 cm³/mol. The summed E-state index contributed by atoms with van der Waals surface area (Å²) in [5, 5.41) is 0. The van der Waals surface area contributed by atoms with Crippen LogP contribution in [-0.2, 0) is 74.2 Å². The van der Waals surface area contributed by atoms with E-state index in [0.717, 1.165) is 0 Å². The third-order valence-corrected chi connectivity index (χ3v) is 14.7. The molecule has 0 amide bonds. The fraction of sp³-hybridized carbons (Fsp3) is 0.444. The lowest BCUT2D eigenvalue weighted by atomic mass is 10.4. The standard InChI is InChI=1S/C9H16N5O10P3.C9H15N5O7P2.C9H14N5O4P/c1-6(2-14-4-13-7-8(10)11-3-12-9(7)14)22-5-25(15,16)23-27(20,21)24-26(17,18)19;1-6(20-5-22(15,16)21-23(17,18)19)2-14-4-13-7-8(10)11-3-12-9(7)14;1-6(18-5-19(15,16)17)2-14-4-13-7-8(10)11-3-12-9(7)14/h3-4,6H,2,5H2,1H3,(H,15,16)(H,20,21)(H2,10,11,12)(H2,17,18,19);3-4,6H,2,5H2,1H3,(H,15,16)(H2,10,11,12)(H2,17,18,19);3-4,6H,2,5H2,1H3,(H2,10,11,12)(H2,15,16,17)/t3*6-/m111/s1. The SMILES string of the molecule is C[C@H](Cn1cnc2c(N)ncnc21)OCP(=O)(O)O.C[C@H](Cn1cnc2c(N)ncnc21)OCP(=O)(O)OP(=O)(O)O.C[C@H](Cn1cnc2c(N)ncnc21)OCP(=O)(O)OP(=O)(O)OP(=O)(O)O. The fourth-order valence-corrected chi connectivity index (χ4v) is 11.1. The summed E-state index contributed by atoms with van der Waals surface area (Å²) in [6, 6.07) is 0. The van der Waals surface area contributed by atoms with Crippen molar-refractivity contribution in [1.29, 1.82) is 0 Å². The van der Waals surface area contributed by atoms with Crippen LogP contribution in [0.15, 0.2) is 38.0 Å². The van der Waals surface area contributed by atoms with Crippen molar-refractivity contribution in [2.45, 2.75) is 58.7 Å². The van der Waals surface area contributed by atoms with Crippen molar-refractivity contribution in [3.63, 3.8) is 0 Å². The molecular formula is C27H45N15O21P6. The Morgan fingerprint density at radius 1 is 0.464 bits per heavy atom. The van der Waals surface area contributed by atoms with Gasteiger partial charge in [-0.25, -0.2) is 67.2 Å². The molecule has 36 nitrogen and oxygen atoms in total. The van der Waals surface area contributed by atoms with E-state index in [1.54, 1.807) is 23.0 Å². The van der Waals surface area contributed by atoms with E-state index in [0.29, 0.717) is 40.0 Å². The van der Waals surface area contributed by atoms with E-state index >= 15 is 0 Å². The van der Waals surface area contributed by atoms with Gasteiger partial charge in [-0.3, -0.25) is 13.7 Å². The van der Waals surface area contributed by atoms with Crippen molar-refractivity contribution in [2.75, 3.05) is 36.2 Å². The molecule has 0 saturated carbocycles. The number of ether oxygens (including phenoxy) is 3. The molecule has 6 aromatic rings. The predicted octanol–water partition coefficient (Wildman–Crippen LogP) is 0.197. The Morgan fingerprint density at radius 3 is 1.07 bits per heavy atom. The Hall–Kier alpha value is -4.17. The molecule has 6 rings (SSSR count). The number of aromatic nitrogens is 12. The average Bonchev–Trinajstić information content (AvgIpc) is 3.93. The van der Waals surface area contributed by atoms with Gasteiger partial charge in [0.1, 0.15) is 54.6 Å². The van der Waals surface area contributed by atoms with Crippen molar-refractivity contribution < 1.29 is 98.6 Å². The van der Waals surface area contributed by atoms with Crippen LogP contribution in [0.1, 0.15) is 20.8 Å². The molecule has 0 aliphatic carbocycles. The smallest absolute Gasteiger partial charge is 0.382 e. The molecule has 0 aliphatic rings. The van der Waals surface area contributed by atoms with Gasteiger partial charge in [0, 0.05) is 0 Å². The molecule has 0 spiro atoms. The summed E-state index contributed by atoms with van der Waals surface area (Å²) < 4.78 is 97.6. The monoisotopic (exact) mass is 1100 g/mol. The number of hydrogen-bond acceptors (Lipinski definition) is 24. The first-order valence-electron chi connectivity index (χ1n) is 18.6. The van der Waals surface area contributed by atoms with Crippen LogP contribution in [0.5, 0.6) is 0 Å². The third-order valence-electron chi connectivity index (χ3n) is 7.90. The lowest BCUT2D eigenvalue weighted by Gasteiger charge is -2.19. The van der Waals surface area contributed by atoms with Crippen LogP contribution >= 0.6 is 46.3 Å². The second-order valence-electron chi connectivity index (χ2n) is 13.9. The first-order valence-corrected chi connectivity index (χ1v) is 28.4. The Kier molecular flexibility index (Phi) is 19.4. The molecule has 42 heteroatoms. The summed E-state index contributed by atoms with van der Waals surface area (Å²) in [4.78, 5) is 115. The number of rotatable bonds is 21. The van der Waals surface area contributed by atoms with Crippen LogP contribution < -0.4 is 17.2 Å². The number of anilines is 3. The van der Waals surface area contributed by atoms with E-state index in [-0.39, 0.29) is 30.5 Å². The van der Waals surface area contributed by atoms with Crippen molar-refractivity contribution in [3.05, 3.63) is 38.0 Å². The number of imidazole rings is 3. The molecule has 0 aromatic carbocycles. The summed E-state index contributed by atoms with van der Waals surface area (Å²) >= 11 is 0. The second kappa shape index (κ2) is 23.4. The zero-order valence-electron chi connectivity index (χ0n) is 35.6. The zero-order valence-corrected chi connectivity index (χ0v) is 41.0. The minimum absolute atomic E-state index is 0.114. The van der Waals surface area contributed by atoms with Crippen molar-refractivity contribution in [2.24, 2.45) is 0 Å². The molecule has 384 valence electrons. The Morgan fingerprint density at radius 2 is 0.768 bits per heavy atom. The van der Waals surface area contributed by atoms with Crippen LogP contribution in [-0.4, -0.2) is 140 Å². The molecule has 0 aliphatic heterocycles. The van der Waals surface area contributed by atoms with Gasteiger partial charge in [-0.2, -0.15) is 4.31 Å². The maximum atomic E-state index is 11.8. The van der Waals surface area contributed by atoms with Crippen LogP contribution in [0.4, 0.5) is 17.5 Å². The van der Waals surface area contributed by atoms with E-state index in [9.17, 15) is 37.2 Å². The molecule has 6 heterocycles. The van der Waals surface area contributed by atoms with Gasteiger partial charge in [-0.05, 0) is 20.8 Å². The van der Waals surface area contributed by atoms with Gasteiger partial charge in [0.25, 0.3) is 0 Å². The fourth-order valence-electron chi connectivity index (χ4n) is 5.28. The van der Waals surface area contributed by atoms with Gasteiger partial charge in [-0.15, -0.1) is 0 Å². The minimum atomic E-state index is -5.49. The number of phosphoric acid groups is 3. The Bertz CT molecular complexity index is 3000. The maximum absolute atomic E-state index is 11.8. The molecule has 0 saturated heterocycles. The summed E-state index contributed by atoms with van der Waals surface area (Å²) in [6.45, 7) is 5.49. The zero-order chi connectivity index (χ0) is 51.8. The minimum Gasteiger partial charge on any atom is -0.382 e. The Labute approximate surface area is 386 Å². The van der Waals surface area contributed by atoms with Crippen molar-refractivity contribution in [1.82, 2.24) is 58.6 Å². The number of nitrogen functional groups attached to an aromatic ring is 3. The normalized spacial score (nSPS) is 16.3. The van der Waals surface area contributed by atoms with E-state index < -0.39 is 83.6 Å². The molecule has 69 heavy (non-hydrogen) atoms. The van der Waals surface area contributed by atoms with Crippen LogP contribution in [0, 0.1) is 0 Å². The summed E-state index contributed by atoms with van der Waals surface area (Å²) in [5.41, 5.74) is 19.6. The van der Waals surface area contributed by atoms with E-state index in [1.807, 2.05) is 0 Å². The second-order valence-corrected chi connectivity index (χ2v) is 23.5. The first-order chi connectivity index (χ1) is 31.7. The van der Waals surface area contributed by atoms with E-state index in [2.05, 4.69) is 57.8 Å². The highest BCUT2D eigenvalue weighted by molar-refractivity contribution is 7.68. The van der Waals surface area contributed by atoms with Gasteiger partial charge >= 0.3 is 46.3 Å². The first kappa shape index (κ1) is 57.4. The quantitative estimate of drug-likeness (QED) is 0.0428. The molecule has 6 aromatic heterocycles. The van der Waals surface area contributed by atoms with Gasteiger partial charge in [-0.1, -0.05) is 0 Å². The Balaban J connectivity index is 0.000000229. The van der Waals surface area contributed by atoms with Crippen LogP contribution in [0.3, 0.4) is 0 Å². The summed E-state index contributed by atoms with van der Waals surface area (Å²) in [7, 11) is -29.6. The molecule has 3 unspecified atom stereocenters. The molecule has 6 atom stereocenters. The molecule has 0 bridgehead atoms. The molecule has 15 N–H and O–H groups in total. The van der Waals surface area contributed by atoms with Gasteiger partial charge in [0.05, 0.1) is 56.9 Å². The number of fused-ring (bicyclic) bond motifs is 3. The highest BCUT2D eigenvalue weighted by Crippen LogP contribution is 2.66. The highest BCUT2D eigenvalue weighted by atomic mass is 31.3. The van der Waals surface area contributed by atoms with Gasteiger partial charge in [0.15, 0.2) is 34.4 Å². The third kappa shape index (κ3) is 19.2. The summed E-state index contributed by atoms with van der Waals surface area (Å²) in [5.74, 6) is 0.675.